The van der Waals surface area contributed by atoms with Gasteiger partial charge in [-0.05, 0) is 31.0 Å². The van der Waals surface area contributed by atoms with E-state index >= 15 is 0 Å². The second-order valence-corrected chi connectivity index (χ2v) is 4.17. The molecule has 0 aliphatic heterocycles. The molecule has 0 radical (unpaired) electrons. The molecule has 0 aliphatic carbocycles. The molecule has 0 amide bonds. The minimum Gasteiger partial charge on any atom is -0.365 e. The van der Waals surface area contributed by atoms with E-state index in [2.05, 4.69) is 10.3 Å². The van der Waals surface area contributed by atoms with Gasteiger partial charge in [0.1, 0.15) is 5.82 Å². The molecule has 0 fully saturated rings. The maximum absolute atomic E-state index is 12.7. The highest BCUT2D eigenvalue weighted by Gasteiger charge is 2.02. The molecule has 0 atom stereocenters. The van der Waals surface area contributed by atoms with Gasteiger partial charge in [-0.3, -0.25) is 4.79 Å². The molecule has 0 saturated carbocycles. The van der Waals surface area contributed by atoms with Crippen molar-refractivity contribution in [2.45, 2.75) is 19.9 Å². The molecular weight excluding hydrogens is 245 g/mol. The molecule has 19 heavy (non-hydrogen) atoms. The Labute approximate surface area is 110 Å². The summed E-state index contributed by atoms with van der Waals surface area (Å²) in [6, 6.07) is 6.33. The van der Waals surface area contributed by atoms with Crippen LogP contribution in [0.15, 0.2) is 41.5 Å². The largest absolute Gasteiger partial charge is 0.365 e. The van der Waals surface area contributed by atoms with E-state index in [1.165, 1.54) is 12.1 Å². The van der Waals surface area contributed by atoms with E-state index in [1.807, 2.05) is 6.92 Å². The first-order chi connectivity index (χ1) is 9.20. The lowest BCUT2D eigenvalue weighted by atomic mass is 10.1. The van der Waals surface area contributed by atoms with Crippen molar-refractivity contribution in [3.05, 3.63) is 58.4 Å². The topological polar surface area (TPSA) is 46.9 Å². The Morgan fingerprint density at radius 2 is 2.05 bits per heavy atom. The lowest BCUT2D eigenvalue weighted by molar-refractivity contribution is 0.627. The molecule has 0 saturated heterocycles. The monoisotopic (exact) mass is 261 g/mol. The van der Waals surface area contributed by atoms with Gasteiger partial charge in [-0.1, -0.05) is 12.1 Å². The first-order valence-electron chi connectivity index (χ1n) is 6.24. The zero-order chi connectivity index (χ0) is 13.7. The van der Waals surface area contributed by atoms with E-state index in [9.17, 15) is 9.18 Å². The molecule has 1 aromatic carbocycles. The number of benzene rings is 1. The van der Waals surface area contributed by atoms with Gasteiger partial charge in [0.2, 0.25) is 0 Å². The standard InChI is InChI=1S/C14H16FN3O/c1-2-18-10-9-17-13(14(18)19)16-8-7-11-3-5-12(15)6-4-11/h3-6,9-10H,2,7-8H2,1H3,(H,16,17). The van der Waals surface area contributed by atoms with Crippen LogP contribution in [0.4, 0.5) is 10.2 Å². The number of anilines is 1. The van der Waals surface area contributed by atoms with Crippen molar-refractivity contribution in [3.8, 4) is 0 Å². The summed E-state index contributed by atoms with van der Waals surface area (Å²) in [7, 11) is 0. The van der Waals surface area contributed by atoms with Crippen molar-refractivity contribution in [3.63, 3.8) is 0 Å². The number of hydrogen-bond donors (Lipinski definition) is 1. The normalized spacial score (nSPS) is 10.4. The average molecular weight is 261 g/mol. The fourth-order valence-electron chi connectivity index (χ4n) is 1.79. The highest BCUT2D eigenvalue weighted by Crippen LogP contribution is 2.03. The van der Waals surface area contributed by atoms with E-state index in [1.54, 1.807) is 29.1 Å². The summed E-state index contributed by atoms with van der Waals surface area (Å²) < 4.78 is 14.3. The van der Waals surface area contributed by atoms with Crippen LogP contribution >= 0.6 is 0 Å². The number of aryl methyl sites for hydroxylation is 1. The Bertz CT molecular complexity index is 592. The molecule has 0 bridgehead atoms. The van der Waals surface area contributed by atoms with Gasteiger partial charge >= 0.3 is 0 Å². The number of rotatable bonds is 5. The smallest absolute Gasteiger partial charge is 0.293 e. The molecule has 0 unspecified atom stereocenters. The van der Waals surface area contributed by atoms with E-state index in [0.29, 0.717) is 25.3 Å². The fraction of sp³-hybridized carbons (Fsp3) is 0.286. The van der Waals surface area contributed by atoms with E-state index < -0.39 is 0 Å². The lowest BCUT2D eigenvalue weighted by Gasteiger charge is -2.07. The van der Waals surface area contributed by atoms with Crippen LogP contribution in [0.2, 0.25) is 0 Å². The second-order valence-electron chi connectivity index (χ2n) is 4.17. The summed E-state index contributed by atoms with van der Waals surface area (Å²) in [5.41, 5.74) is 0.893. The molecule has 4 nitrogen and oxygen atoms in total. The van der Waals surface area contributed by atoms with Crippen LogP contribution in [-0.2, 0) is 13.0 Å². The number of nitrogens with zero attached hydrogens (tertiary/aromatic N) is 2. The summed E-state index contributed by atoms with van der Waals surface area (Å²) in [5, 5.41) is 3.01. The quantitative estimate of drug-likeness (QED) is 0.896. The van der Waals surface area contributed by atoms with Crippen molar-refractivity contribution < 1.29 is 4.39 Å². The molecule has 1 aromatic heterocycles. The van der Waals surface area contributed by atoms with Crippen molar-refractivity contribution in [2.75, 3.05) is 11.9 Å². The van der Waals surface area contributed by atoms with Gasteiger partial charge in [0.15, 0.2) is 5.82 Å². The highest BCUT2D eigenvalue weighted by molar-refractivity contribution is 5.31. The van der Waals surface area contributed by atoms with Gasteiger partial charge in [-0.15, -0.1) is 0 Å². The van der Waals surface area contributed by atoms with Crippen LogP contribution in [0.1, 0.15) is 12.5 Å². The molecule has 1 N–H and O–H groups in total. The minimum absolute atomic E-state index is 0.121. The van der Waals surface area contributed by atoms with E-state index in [0.717, 1.165) is 5.56 Å². The number of aromatic nitrogens is 2. The Kier molecular flexibility index (Phi) is 4.28. The zero-order valence-corrected chi connectivity index (χ0v) is 10.8. The Morgan fingerprint density at radius 3 is 2.74 bits per heavy atom. The van der Waals surface area contributed by atoms with Crippen LogP contribution in [0.3, 0.4) is 0 Å². The lowest BCUT2D eigenvalue weighted by Crippen LogP contribution is -2.24. The van der Waals surface area contributed by atoms with E-state index in [4.69, 9.17) is 0 Å². The third-order valence-electron chi connectivity index (χ3n) is 2.87. The Hall–Kier alpha value is -2.17. The second kappa shape index (κ2) is 6.13. The molecule has 0 aliphatic rings. The first-order valence-corrected chi connectivity index (χ1v) is 6.24. The molecule has 2 rings (SSSR count). The minimum atomic E-state index is -0.243. The summed E-state index contributed by atoms with van der Waals surface area (Å²) in [6.07, 6.45) is 3.97. The maximum Gasteiger partial charge on any atom is 0.293 e. The number of hydrogen-bond acceptors (Lipinski definition) is 3. The molecule has 2 aromatic rings. The van der Waals surface area contributed by atoms with Crippen molar-refractivity contribution in [1.82, 2.24) is 9.55 Å². The van der Waals surface area contributed by atoms with Gasteiger partial charge in [0.25, 0.3) is 5.56 Å². The Morgan fingerprint density at radius 1 is 1.32 bits per heavy atom. The highest BCUT2D eigenvalue weighted by atomic mass is 19.1. The van der Waals surface area contributed by atoms with Crippen LogP contribution in [0.25, 0.3) is 0 Å². The maximum atomic E-state index is 12.7. The van der Waals surface area contributed by atoms with Crippen LogP contribution in [0.5, 0.6) is 0 Å². The molecule has 5 heteroatoms. The van der Waals surface area contributed by atoms with Gasteiger partial charge in [0.05, 0.1) is 0 Å². The van der Waals surface area contributed by atoms with Crippen LogP contribution in [-0.4, -0.2) is 16.1 Å². The number of nitrogens with one attached hydrogen (secondary N) is 1. The third-order valence-corrected chi connectivity index (χ3v) is 2.87. The summed E-state index contributed by atoms with van der Waals surface area (Å²) in [6.45, 7) is 3.11. The Balaban J connectivity index is 1.96. The van der Waals surface area contributed by atoms with Gasteiger partial charge < -0.3 is 9.88 Å². The van der Waals surface area contributed by atoms with Crippen molar-refractivity contribution in [2.24, 2.45) is 0 Å². The predicted molar refractivity (Wildman–Crippen MR) is 72.8 cm³/mol. The summed E-state index contributed by atoms with van der Waals surface area (Å²) >= 11 is 0. The van der Waals surface area contributed by atoms with Crippen LogP contribution < -0.4 is 10.9 Å². The van der Waals surface area contributed by atoms with Gasteiger partial charge in [-0.2, -0.15) is 0 Å². The third kappa shape index (κ3) is 3.40. The SMILES string of the molecule is CCn1ccnc(NCCc2ccc(F)cc2)c1=O. The molecule has 1 heterocycles. The fourth-order valence-corrected chi connectivity index (χ4v) is 1.79. The average Bonchev–Trinajstić information content (AvgIpc) is 2.43. The first kappa shape index (κ1) is 13.3. The van der Waals surface area contributed by atoms with E-state index in [-0.39, 0.29) is 11.4 Å². The predicted octanol–water partition coefficient (Wildman–Crippen LogP) is 2.06. The summed E-state index contributed by atoms with van der Waals surface area (Å²) in [4.78, 5) is 15.9. The molecule has 0 spiro atoms. The summed E-state index contributed by atoms with van der Waals surface area (Å²) in [5.74, 6) is 0.110. The van der Waals surface area contributed by atoms with Gasteiger partial charge in [-0.25, -0.2) is 9.37 Å². The van der Waals surface area contributed by atoms with Crippen LogP contribution in [0, 0.1) is 5.82 Å². The number of halogens is 1. The zero-order valence-electron chi connectivity index (χ0n) is 10.8. The molecule has 100 valence electrons. The van der Waals surface area contributed by atoms with Crippen molar-refractivity contribution >= 4 is 5.82 Å². The van der Waals surface area contributed by atoms with Gasteiger partial charge in [0, 0.05) is 25.5 Å². The van der Waals surface area contributed by atoms with Crippen molar-refractivity contribution in [1.29, 1.82) is 0 Å². The molecular formula is C14H16FN3O.